The summed E-state index contributed by atoms with van der Waals surface area (Å²) in [5, 5.41) is 12.0. The molecule has 7 nitrogen and oxygen atoms in total. The van der Waals surface area contributed by atoms with Crippen LogP contribution >= 0.6 is 11.8 Å². The number of thioether (sulfide) groups is 1. The minimum atomic E-state index is -0.252. The van der Waals surface area contributed by atoms with E-state index in [1.165, 1.54) is 11.8 Å². The summed E-state index contributed by atoms with van der Waals surface area (Å²) in [5.74, 6) is 0.637. The molecule has 1 aromatic rings. The van der Waals surface area contributed by atoms with Gasteiger partial charge in [-0.05, 0) is 10.4 Å². The molecule has 86 valence electrons. The average molecular weight is 233 g/mol. The Balaban J connectivity index is 2.45. The summed E-state index contributed by atoms with van der Waals surface area (Å²) >= 11 is 1.47. The van der Waals surface area contributed by atoms with Gasteiger partial charge >= 0.3 is 0 Å². The SMILES string of the molecule is COC(CSc1nnnn1CCN)OC. The third-order valence-corrected chi connectivity index (χ3v) is 2.70. The minimum Gasteiger partial charge on any atom is -0.355 e. The quantitative estimate of drug-likeness (QED) is 0.494. The topological polar surface area (TPSA) is 88.1 Å². The van der Waals surface area contributed by atoms with Crippen molar-refractivity contribution in [2.24, 2.45) is 5.73 Å². The Morgan fingerprint density at radius 1 is 1.47 bits per heavy atom. The first kappa shape index (κ1) is 12.4. The van der Waals surface area contributed by atoms with E-state index in [-0.39, 0.29) is 6.29 Å². The van der Waals surface area contributed by atoms with Crippen LogP contribution in [-0.4, -0.2) is 53.0 Å². The van der Waals surface area contributed by atoms with Crippen molar-refractivity contribution in [1.82, 2.24) is 20.2 Å². The van der Waals surface area contributed by atoms with E-state index >= 15 is 0 Å². The van der Waals surface area contributed by atoms with E-state index in [9.17, 15) is 0 Å². The lowest BCUT2D eigenvalue weighted by atomic mass is 10.7. The summed E-state index contributed by atoms with van der Waals surface area (Å²) in [7, 11) is 3.19. The molecule has 0 aliphatic rings. The Hall–Kier alpha value is -0.700. The lowest BCUT2D eigenvalue weighted by Gasteiger charge is -2.11. The summed E-state index contributed by atoms with van der Waals surface area (Å²) in [6.45, 7) is 1.12. The predicted octanol–water partition coefficient (Wildman–Crippen LogP) is -0.657. The second-order valence-electron chi connectivity index (χ2n) is 2.69. The summed E-state index contributed by atoms with van der Waals surface area (Å²) in [4.78, 5) is 0. The van der Waals surface area contributed by atoms with Crippen LogP contribution in [0.15, 0.2) is 5.16 Å². The fourth-order valence-electron chi connectivity index (χ4n) is 0.937. The van der Waals surface area contributed by atoms with E-state index in [0.717, 1.165) is 5.16 Å². The first-order valence-corrected chi connectivity index (χ1v) is 5.45. The molecule has 0 fully saturated rings. The van der Waals surface area contributed by atoms with Gasteiger partial charge in [0.25, 0.3) is 0 Å². The molecule has 1 rings (SSSR count). The molecule has 1 heterocycles. The van der Waals surface area contributed by atoms with Gasteiger partial charge in [-0.15, -0.1) is 5.10 Å². The first-order chi connectivity index (χ1) is 7.31. The maximum absolute atomic E-state index is 5.42. The normalized spacial score (nSPS) is 11.2. The third kappa shape index (κ3) is 3.74. The van der Waals surface area contributed by atoms with Crippen molar-refractivity contribution in [1.29, 1.82) is 0 Å². The van der Waals surface area contributed by atoms with Crippen LogP contribution in [0.5, 0.6) is 0 Å². The van der Waals surface area contributed by atoms with Crippen LogP contribution in [0.3, 0.4) is 0 Å². The number of methoxy groups -OCH3 is 2. The summed E-state index contributed by atoms with van der Waals surface area (Å²) in [6.07, 6.45) is -0.252. The van der Waals surface area contributed by atoms with Gasteiger partial charge in [0.1, 0.15) is 0 Å². The van der Waals surface area contributed by atoms with Gasteiger partial charge < -0.3 is 15.2 Å². The van der Waals surface area contributed by atoms with Crippen LogP contribution in [0.2, 0.25) is 0 Å². The molecule has 15 heavy (non-hydrogen) atoms. The predicted molar refractivity (Wildman–Crippen MR) is 55.4 cm³/mol. The number of hydrogen-bond acceptors (Lipinski definition) is 7. The summed E-state index contributed by atoms with van der Waals surface area (Å²) < 4.78 is 11.8. The van der Waals surface area contributed by atoms with E-state index in [0.29, 0.717) is 18.8 Å². The van der Waals surface area contributed by atoms with Crippen LogP contribution in [0.4, 0.5) is 0 Å². The van der Waals surface area contributed by atoms with Crippen molar-refractivity contribution in [3.63, 3.8) is 0 Å². The molecular formula is C7H15N5O2S. The van der Waals surface area contributed by atoms with Crippen molar-refractivity contribution < 1.29 is 9.47 Å². The Bertz CT molecular complexity index is 278. The van der Waals surface area contributed by atoms with Gasteiger partial charge in [0, 0.05) is 20.8 Å². The van der Waals surface area contributed by atoms with E-state index in [1.807, 2.05) is 0 Å². The number of aromatic nitrogens is 4. The molecule has 0 radical (unpaired) electrons. The number of nitrogens with two attached hydrogens (primary N) is 1. The van der Waals surface area contributed by atoms with E-state index in [2.05, 4.69) is 15.5 Å². The number of rotatable bonds is 7. The molecule has 0 spiro atoms. The number of tetrazole rings is 1. The second-order valence-corrected chi connectivity index (χ2v) is 3.67. The molecule has 0 atom stereocenters. The van der Waals surface area contributed by atoms with Gasteiger partial charge in [-0.3, -0.25) is 0 Å². The molecule has 1 aromatic heterocycles. The minimum absolute atomic E-state index is 0.252. The van der Waals surface area contributed by atoms with Crippen LogP contribution in [0.25, 0.3) is 0 Å². The molecule has 0 saturated heterocycles. The van der Waals surface area contributed by atoms with Crippen LogP contribution in [0.1, 0.15) is 0 Å². The van der Waals surface area contributed by atoms with Crippen molar-refractivity contribution in [3.05, 3.63) is 0 Å². The van der Waals surface area contributed by atoms with Crippen LogP contribution in [-0.2, 0) is 16.0 Å². The molecule has 8 heteroatoms. The summed E-state index contributed by atoms with van der Waals surface area (Å²) in [5.41, 5.74) is 5.42. The Morgan fingerprint density at radius 2 is 2.20 bits per heavy atom. The van der Waals surface area contributed by atoms with E-state index < -0.39 is 0 Å². The number of ether oxygens (including phenoxy) is 2. The van der Waals surface area contributed by atoms with Gasteiger partial charge in [-0.1, -0.05) is 11.8 Å². The molecule has 0 amide bonds. The summed E-state index contributed by atoms with van der Waals surface area (Å²) in [6, 6.07) is 0. The maximum Gasteiger partial charge on any atom is 0.209 e. The Morgan fingerprint density at radius 3 is 2.80 bits per heavy atom. The zero-order chi connectivity index (χ0) is 11.1. The number of nitrogens with zero attached hydrogens (tertiary/aromatic N) is 4. The molecular weight excluding hydrogens is 218 g/mol. The van der Waals surface area contributed by atoms with Crippen molar-refractivity contribution in [3.8, 4) is 0 Å². The van der Waals surface area contributed by atoms with Gasteiger partial charge in [0.05, 0.1) is 12.3 Å². The highest BCUT2D eigenvalue weighted by Crippen LogP contribution is 2.15. The standard InChI is InChI=1S/C7H15N5O2S/c1-13-6(14-2)5-15-7-9-10-11-12(7)4-3-8/h6H,3-5,8H2,1-2H3. The second kappa shape index (κ2) is 6.72. The molecule has 2 N–H and O–H groups in total. The van der Waals surface area contributed by atoms with Gasteiger partial charge in [-0.25, -0.2) is 4.68 Å². The van der Waals surface area contributed by atoms with Gasteiger partial charge in [0.2, 0.25) is 5.16 Å². The molecule has 0 aliphatic carbocycles. The highest BCUT2D eigenvalue weighted by Gasteiger charge is 2.10. The van der Waals surface area contributed by atoms with Gasteiger partial charge in [-0.2, -0.15) is 0 Å². The smallest absolute Gasteiger partial charge is 0.209 e. The van der Waals surface area contributed by atoms with Crippen LogP contribution < -0.4 is 5.73 Å². The van der Waals surface area contributed by atoms with Gasteiger partial charge in [0.15, 0.2) is 6.29 Å². The van der Waals surface area contributed by atoms with Crippen molar-refractivity contribution in [2.45, 2.75) is 18.0 Å². The Kier molecular flexibility index (Phi) is 5.54. The lowest BCUT2D eigenvalue weighted by Crippen LogP contribution is -2.17. The number of hydrogen-bond donors (Lipinski definition) is 1. The van der Waals surface area contributed by atoms with Crippen molar-refractivity contribution in [2.75, 3.05) is 26.5 Å². The average Bonchev–Trinajstić information content (AvgIpc) is 2.68. The molecule has 0 aromatic carbocycles. The van der Waals surface area contributed by atoms with Crippen molar-refractivity contribution >= 4 is 11.8 Å². The van der Waals surface area contributed by atoms with E-state index in [4.69, 9.17) is 15.2 Å². The molecule has 0 bridgehead atoms. The van der Waals surface area contributed by atoms with E-state index in [1.54, 1.807) is 18.9 Å². The first-order valence-electron chi connectivity index (χ1n) is 4.46. The fraction of sp³-hybridized carbons (Fsp3) is 0.857. The maximum atomic E-state index is 5.42. The van der Waals surface area contributed by atoms with Crippen LogP contribution in [0, 0.1) is 0 Å². The lowest BCUT2D eigenvalue weighted by molar-refractivity contribution is -0.0842. The zero-order valence-corrected chi connectivity index (χ0v) is 9.61. The Labute approximate surface area is 92.3 Å². The highest BCUT2D eigenvalue weighted by atomic mass is 32.2. The molecule has 0 saturated carbocycles. The zero-order valence-electron chi connectivity index (χ0n) is 8.79. The fourth-order valence-corrected chi connectivity index (χ4v) is 1.87. The monoisotopic (exact) mass is 233 g/mol. The highest BCUT2D eigenvalue weighted by molar-refractivity contribution is 7.99. The third-order valence-electron chi connectivity index (χ3n) is 1.71. The largest absolute Gasteiger partial charge is 0.355 e. The molecule has 0 aliphatic heterocycles. The molecule has 0 unspecified atom stereocenters.